The molecular weight excluding hydrogens is 244 g/mol. The fraction of sp³-hybridized carbons (Fsp3) is 0.526. The predicted octanol–water partition coefficient (Wildman–Crippen LogP) is 4.90. The fourth-order valence-corrected chi connectivity index (χ4v) is 3.81. The molecule has 3 rings (SSSR count). The Labute approximate surface area is 122 Å². The second kappa shape index (κ2) is 5.95. The molecule has 0 atom stereocenters. The zero-order valence-corrected chi connectivity index (χ0v) is 12.4. The van der Waals surface area contributed by atoms with E-state index in [2.05, 4.69) is 25.1 Å². The summed E-state index contributed by atoms with van der Waals surface area (Å²) in [6.07, 6.45) is 12.5. The third-order valence-electron chi connectivity index (χ3n) is 5.00. The largest absolute Gasteiger partial charge is 0.294 e. The van der Waals surface area contributed by atoms with Gasteiger partial charge in [-0.3, -0.25) is 4.79 Å². The summed E-state index contributed by atoms with van der Waals surface area (Å²) in [7, 11) is 0. The quantitative estimate of drug-likeness (QED) is 0.762. The van der Waals surface area contributed by atoms with Gasteiger partial charge in [-0.05, 0) is 60.3 Å². The summed E-state index contributed by atoms with van der Waals surface area (Å²) in [5, 5.41) is 0. The summed E-state index contributed by atoms with van der Waals surface area (Å²) in [6.45, 7) is 2.29. The third kappa shape index (κ3) is 2.87. The molecule has 0 radical (unpaired) electrons. The summed E-state index contributed by atoms with van der Waals surface area (Å²) >= 11 is 0. The third-order valence-corrected chi connectivity index (χ3v) is 5.00. The van der Waals surface area contributed by atoms with Crippen LogP contribution in [0.25, 0.3) is 6.08 Å². The van der Waals surface area contributed by atoms with Gasteiger partial charge in [-0.15, -0.1) is 0 Å². The van der Waals surface area contributed by atoms with Crippen LogP contribution >= 0.6 is 0 Å². The van der Waals surface area contributed by atoms with Crippen LogP contribution in [0.15, 0.2) is 24.3 Å². The maximum atomic E-state index is 11.4. The molecule has 1 fully saturated rings. The molecule has 1 heteroatoms. The van der Waals surface area contributed by atoms with E-state index in [4.69, 9.17) is 0 Å². The number of hydrogen-bond acceptors (Lipinski definition) is 1. The number of carbonyl (C=O) groups excluding carboxylic acids is 1. The van der Waals surface area contributed by atoms with Crippen molar-refractivity contribution in [2.75, 3.05) is 0 Å². The van der Waals surface area contributed by atoms with Gasteiger partial charge >= 0.3 is 0 Å². The summed E-state index contributed by atoms with van der Waals surface area (Å²) in [4.78, 5) is 11.4. The van der Waals surface area contributed by atoms with Gasteiger partial charge in [-0.1, -0.05) is 44.0 Å². The van der Waals surface area contributed by atoms with Crippen molar-refractivity contribution in [3.63, 3.8) is 0 Å². The van der Waals surface area contributed by atoms with Crippen LogP contribution in [0, 0.1) is 5.92 Å². The highest BCUT2D eigenvalue weighted by atomic mass is 16.1. The Morgan fingerprint density at radius 1 is 1.10 bits per heavy atom. The van der Waals surface area contributed by atoms with Gasteiger partial charge < -0.3 is 0 Å². The first kappa shape index (κ1) is 13.6. The van der Waals surface area contributed by atoms with Gasteiger partial charge in [-0.2, -0.15) is 0 Å². The van der Waals surface area contributed by atoms with Crippen LogP contribution in [0.4, 0.5) is 0 Å². The van der Waals surface area contributed by atoms with E-state index in [9.17, 15) is 4.79 Å². The number of ketones is 1. The molecule has 2 aliphatic carbocycles. The lowest BCUT2D eigenvalue weighted by molar-refractivity contribution is -0.114. The smallest absolute Gasteiger partial charge is 0.160 e. The van der Waals surface area contributed by atoms with E-state index in [0.29, 0.717) is 6.42 Å². The molecule has 0 unspecified atom stereocenters. The maximum Gasteiger partial charge on any atom is 0.160 e. The average molecular weight is 268 g/mol. The second-order valence-electron chi connectivity index (χ2n) is 6.44. The Kier molecular flexibility index (Phi) is 4.05. The molecule has 20 heavy (non-hydrogen) atoms. The number of carbonyl (C=O) groups is 1. The molecule has 0 amide bonds. The normalized spacial score (nSPS) is 25.6. The minimum atomic E-state index is 0.227. The molecule has 0 heterocycles. The molecule has 0 N–H and O–H groups in total. The van der Waals surface area contributed by atoms with E-state index < -0.39 is 0 Å². The molecular formula is C19H24O. The number of rotatable bonds is 3. The predicted molar refractivity (Wildman–Crippen MR) is 83.8 cm³/mol. The lowest BCUT2D eigenvalue weighted by Crippen LogP contribution is -2.14. The van der Waals surface area contributed by atoms with E-state index in [-0.39, 0.29) is 5.78 Å². The monoisotopic (exact) mass is 268 g/mol. The molecule has 1 aromatic rings. The van der Waals surface area contributed by atoms with Crippen LogP contribution in [0.3, 0.4) is 0 Å². The van der Waals surface area contributed by atoms with Gasteiger partial charge in [0.05, 0.1) is 0 Å². The second-order valence-corrected chi connectivity index (χ2v) is 6.44. The van der Waals surface area contributed by atoms with Crippen LogP contribution in [0.1, 0.15) is 68.1 Å². The van der Waals surface area contributed by atoms with Gasteiger partial charge in [0.1, 0.15) is 0 Å². The number of benzene rings is 1. The van der Waals surface area contributed by atoms with Crippen molar-refractivity contribution in [2.45, 2.75) is 57.8 Å². The van der Waals surface area contributed by atoms with Crippen molar-refractivity contribution in [3.05, 3.63) is 41.0 Å². The Morgan fingerprint density at radius 3 is 2.65 bits per heavy atom. The van der Waals surface area contributed by atoms with Crippen molar-refractivity contribution in [1.29, 1.82) is 0 Å². The Bertz CT molecular complexity index is 519. The van der Waals surface area contributed by atoms with E-state index in [0.717, 1.165) is 11.8 Å². The minimum Gasteiger partial charge on any atom is -0.294 e. The average Bonchev–Trinajstić information content (AvgIpc) is 2.48. The van der Waals surface area contributed by atoms with Gasteiger partial charge in [-0.25, -0.2) is 0 Å². The first-order valence-electron chi connectivity index (χ1n) is 8.10. The van der Waals surface area contributed by atoms with Crippen LogP contribution in [-0.2, 0) is 11.2 Å². The van der Waals surface area contributed by atoms with Crippen molar-refractivity contribution in [3.8, 4) is 0 Å². The van der Waals surface area contributed by atoms with Crippen molar-refractivity contribution in [2.24, 2.45) is 5.92 Å². The molecule has 0 aliphatic heterocycles. The van der Waals surface area contributed by atoms with Gasteiger partial charge in [0.2, 0.25) is 0 Å². The number of hydrogen-bond donors (Lipinski definition) is 0. The summed E-state index contributed by atoms with van der Waals surface area (Å²) < 4.78 is 0. The molecule has 0 saturated heterocycles. The highest BCUT2D eigenvalue weighted by Crippen LogP contribution is 2.38. The standard InChI is InChI=1S/C19H24O/c1-2-3-14-4-6-15(7-5-14)16-8-9-18-13-19(20)11-10-17(18)12-16/h8-12,14-15H,2-7,13H2,1H3/t14-,15-. The van der Waals surface area contributed by atoms with Crippen molar-refractivity contribution < 1.29 is 4.79 Å². The van der Waals surface area contributed by atoms with E-state index in [1.54, 1.807) is 6.08 Å². The van der Waals surface area contributed by atoms with Crippen LogP contribution in [0.5, 0.6) is 0 Å². The first-order valence-corrected chi connectivity index (χ1v) is 8.10. The Hall–Kier alpha value is -1.37. The first-order chi connectivity index (χ1) is 9.76. The number of fused-ring (bicyclic) bond motifs is 1. The highest BCUT2D eigenvalue weighted by Gasteiger charge is 2.22. The van der Waals surface area contributed by atoms with Gasteiger partial charge in [0.25, 0.3) is 0 Å². The molecule has 0 aromatic heterocycles. The summed E-state index contributed by atoms with van der Waals surface area (Å²) in [5.74, 6) is 1.93. The van der Waals surface area contributed by atoms with Gasteiger partial charge in [0.15, 0.2) is 5.78 Å². The Balaban J connectivity index is 1.71. The molecule has 1 saturated carbocycles. The molecule has 0 spiro atoms. The highest BCUT2D eigenvalue weighted by molar-refractivity contribution is 5.98. The maximum absolute atomic E-state index is 11.4. The summed E-state index contributed by atoms with van der Waals surface area (Å²) in [5.41, 5.74) is 3.94. The molecule has 1 aromatic carbocycles. The van der Waals surface area contributed by atoms with Crippen LogP contribution in [0.2, 0.25) is 0 Å². The molecule has 1 nitrogen and oxygen atoms in total. The van der Waals surface area contributed by atoms with Crippen molar-refractivity contribution >= 4 is 11.9 Å². The van der Waals surface area contributed by atoms with Crippen LogP contribution < -0.4 is 0 Å². The van der Waals surface area contributed by atoms with E-state index in [1.807, 2.05) is 6.08 Å². The number of allylic oxidation sites excluding steroid dienone is 1. The van der Waals surface area contributed by atoms with Crippen molar-refractivity contribution in [1.82, 2.24) is 0 Å². The zero-order chi connectivity index (χ0) is 13.9. The lowest BCUT2D eigenvalue weighted by atomic mass is 9.76. The lowest BCUT2D eigenvalue weighted by Gasteiger charge is -2.29. The SMILES string of the molecule is CCC[C@H]1CC[C@H](c2ccc3c(c2)C=CC(=O)C3)CC1. The Morgan fingerprint density at radius 2 is 1.90 bits per heavy atom. The minimum absolute atomic E-state index is 0.227. The van der Waals surface area contributed by atoms with Gasteiger partial charge in [0, 0.05) is 6.42 Å². The summed E-state index contributed by atoms with van der Waals surface area (Å²) in [6, 6.07) is 6.75. The molecule has 2 aliphatic rings. The molecule has 106 valence electrons. The zero-order valence-electron chi connectivity index (χ0n) is 12.4. The van der Waals surface area contributed by atoms with Crippen LogP contribution in [-0.4, -0.2) is 5.78 Å². The fourth-order valence-electron chi connectivity index (χ4n) is 3.81. The van der Waals surface area contributed by atoms with E-state index in [1.165, 1.54) is 55.2 Å². The van der Waals surface area contributed by atoms with E-state index >= 15 is 0 Å². The topological polar surface area (TPSA) is 17.1 Å². The molecule has 0 bridgehead atoms.